The molecular weight excluding hydrogens is 435 g/mol. The zero-order valence-corrected chi connectivity index (χ0v) is 18.0. The second kappa shape index (κ2) is 8.92. The van der Waals surface area contributed by atoms with E-state index < -0.39 is 21.3 Å². The van der Waals surface area contributed by atoms with Crippen molar-refractivity contribution in [2.24, 2.45) is 11.1 Å². The Kier molecular flexibility index (Phi) is 6.73. The Labute approximate surface area is 180 Å². The van der Waals surface area contributed by atoms with Crippen LogP contribution >= 0.6 is 23.2 Å². The minimum absolute atomic E-state index is 0.0349. The SMILES string of the molecule is NC(=O)C[C@@]1(COc2ccc(Cl)cc2)CCCN(S(=O)(=O)c2ccc(Cl)cc2)C1. The molecule has 1 aliphatic heterocycles. The number of ether oxygens (including phenoxy) is 1. The molecule has 1 fully saturated rings. The quantitative estimate of drug-likeness (QED) is 0.687. The fourth-order valence-corrected chi connectivity index (χ4v) is 5.42. The van der Waals surface area contributed by atoms with E-state index in [-0.39, 0.29) is 24.5 Å². The van der Waals surface area contributed by atoms with E-state index in [0.717, 1.165) is 0 Å². The number of amides is 1. The molecule has 0 aliphatic carbocycles. The number of nitrogens with two attached hydrogens (primary N) is 1. The lowest BCUT2D eigenvalue weighted by atomic mass is 9.78. The lowest BCUT2D eigenvalue weighted by Gasteiger charge is -2.41. The van der Waals surface area contributed by atoms with Crippen molar-refractivity contribution < 1.29 is 17.9 Å². The molecule has 29 heavy (non-hydrogen) atoms. The summed E-state index contributed by atoms with van der Waals surface area (Å²) in [6.45, 7) is 0.686. The van der Waals surface area contributed by atoms with Crippen molar-refractivity contribution in [2.45, 2.75) is 24.2 Å². The Bertz CT molecular complexity index is 965. The summed E-state index contributed by atoms with van der Waals surface area (Å²) in [6.07, 6.45) is 1.27. The molecule has 3 rings (SSSR count). The molecule has 9 heteroatoms. The number of carbonyl (C=O) groups excluding carboxylic acids is 1. The van der Waals surface area contributed by atoms with Gasteiger partial charge in [-0.15, -0.1) is 0 Å². The van der Waals surface area contributed by atoms with Gasteiger partial charge in [-0.05, 0) is 61.4 Å². The van der Waals surface area contributed by atoms with Crippen molar-refractivity contribution in [1.82, 2.24) is 4.31 Å². The van der Waals surface area contributed by atoms with E-state index >= 15 is 0 Å². The van der Waals surface area contributed by atoms with Gasteiger partial charge in [-0.1, -0.05) is 23.2 Å². The summed E-state index contributed by atoms with van der Waals surface area (Å²) in [7, 11) is -3.72. The summed E-state index contributed by atoms with van der Waals surface area (Å²) in [5.41, 5.74) is 4.78. The second-order valence-corrected chi connectivity index (χ2v) is 10.1. The van der Waals surface area contributed by atoms with Crippen LogP contribution in [0.15, 0.2) is 53.4 Å². The molecule has 156 valence electrons. The molecule has 2 aromatic carbocycles. The van der Waals surface area contributed by atoms with Crippen molar-refractivity contribution >= 4 is 39.1 Å². The fraction of sp³-hybridized carbons (Fsp3) is 0.350. The summed E-state index contributed by atoms with van der Waals surface area (Å²) in [5, 5.41) is 1.05. The van der Waals surface area contributed by atoms with Crippen molar-refractivity contribution in [3.63, 3.8) is 0 Å². The Morgan fingerprint density at radius 1 is 1.07 bits per heavy atom. The summed E-state index contributed by atoms with van der Waals surface area (Å²) >= 11 is 11.8. The molecule has 2 aromatic rings. The first-order chi connectivity index (χ1) is 13.7. The Balaban J connectivity index is 1.82. The topological polar surface area (TPSA) is 89.7 Å². The minimum Gasteiger partial charge on any atom is -0.493 e. The van der Waals surface area contributed by atoms with Crippen LogP contribution in [0.1, 0.15) is 19.3 Å². The van der Waals surface area contributed by atoms with Gasteiger partial charge in [0.2, 0.25) is 15.9 Å². The maximum Gasteiger partial charge on any atom is 0.243 e. The number of primary amides is 1. The first-order valence-corrected chi connectivity index (χ1v) is 11.3. The molecule has 0 bridgehead atoms. The standard InChI is InChI=1S/C20H22Cl2N2O4S/c21-15-2-6-17(7-3-15)28-14-20(12-19(23)25)10-1-11-24(13-20)29(26,27)18-8-4-16(22)5-9-18/h2-9H,1,10-14H2,(H2,23,25)/t20-/m0/s1. The molecule has 1 heterocycles. The Morgan fingerprint density at radius 3 is 2.24 bits per heavy atom. The van der Waals surface area contributed by atoms with E-state index in [9.17, 15) is 13.2 Å². The minimum atomic E-state index is -3.72. The van der Waals surface area contributed by atoms with Gasteiger partial charge in [0.05, 0.1) is 11.5 Å². The third-order valence-electron chi connectivity index (χ3n) is 4.99. The molecule has 1 atom stereocenters. The van der Waals surface area contributed by atoms with Gasteiger partial charge >= 0.3 is 0 Å². The van der Waals surface area contributed by atoms with Gasteiger partial charge in [-0.25, -0.2) is 8.42 Å². The van der Waals surface area contributed by atoms with Crippen LogP contribution in [0, 0.1) is 5.41 Å². The Morgan fingerprint density at radius 2 is 1.66 bits per heavy atom. The second-order valence-electron chi connectivity index (χ2n) is 7.28. The molecule has 1 aliphatic rings. The number of nitrogens with zero attached hydrogens (tertiary/aromatic N) is 1. The number of halogens is 2. The monoisotopic (exact) mass is 456 g/mol. The average molecular weight is 457 g/mol. The lowest BCUT2D eigenvalue weighted by molar-refractivity contribution is -0.121. The third-order valence-corrected chi connectivity index (χ3v) is 7.35. The number of benzene rings is 2. The number of piperidine rings is 1. The fourth-order valence-electron chi connectivity index (χ4n) is 3.57. The van der Waals surface area contributed by atoms with Crippen LogP contribution in [-0.2, 0) is 14.8 Å². The number of rotatable bonds is 7. The molecule has 0 aromatic heterocycles. The first kappa shape index (κ1) is 21.9. The summed E-state index contributed by atoms with van der Waals surface area (Å²) < 4.78 is 33.5. The summed E-state index contributed by atoms with van der Waals surface area (Å²) in [5.74, 6) is 0.103. The van der Waals surface area contributed by atoms with Gasteiger partial charge in [0.25, 0.3) is 0 Å². The highest BCUT2D eigenvalue weighted by atomic mass is 35.5. The number of carbonyl (C=O) groups is 1. The highest BCUT2D eigenvalue weighted by Gasteiger charge is 2.42. The van der Waals surface area contributed by atoms with Gasteiger partial charge in [-0.3, -0.25) is 4.79 Å². The lowest BCUT2D eigenvalue weighted by Crippen LogP contribution is -2.50. The van der Waals surface area contributed by atoms with Crippen LogP contribution in [0.4, 0.5) is 0 Å². The molecule has 2 N–H and O–H groups in total. The normalized spacial score (nSPS) is 20.3. The van der Waals surface area contributed by atoms with Crippen molar-refractivity contribution in [3.8, 4) is 5.75 Å². The maximum absolute atomic E-state index is 13.1. The van der Waals surface area contributed by atoms with Crippen LogP contribution in [0.2, 0.25) is 10.0 Å². The molecule has 0 radical (unpaired) electrons. The van der Waals surface area contributed by atoms with Gasteiger partial charge in [0.15, 0.2) is 0 Å². The van der Waals surface area contributed by atoms with Crippen LogP contribution in [0.25, 0.3) is 0 Å². The van der Waals surface area contributed by atoms with Crippen LogP contribution in [0.3, 0.4) is 0 Å². The molecule has 0 saturated carbocycles. The molecule has 0 unspecified atom stereocenters. The van der Waals surface area contributed by atoms with E-state index in [1.807, 2.05) is 0 Å². The van der Waals surface area contributed by atoms with Crippen LogP contribution in [-0.4, -0.2) is 38.3 Å². The molecule has 0 spiro atoms. The Hall–Kier alpha value is -1.80. The number of sulfonamides is 1. The summed E-state index contributed by atoms with van der Waals surface area (Å²) in [4.78, 5) is 11.9. The highest BCUT2D eigenvalue weighted by Crippen LogP contribution is 2.37. The van der Waals surface area contributed by atoms with Gasteiger partial charge < -0.3 is 10.5 Å². The van der Waals surface area contributed by atoms with Crippen LogP contribution < -0.4 is 10.5 Å². The predicted molar refractivity (Wildman–Crippen MR) is 113 cm³/mol. The first-order valence-electron chi connectivity index (χ1n) is 9.13. The van der Waals surface area contributed by atoms with E-state index in [0.29, 0.717) is 35.2 Å². The zero-order chi connectivity index (χ0) is 21.1. The van der Waals surface area contributed by atoms with Crippen molar-refractivity contribution in [2.75, 3.05) is 19.7 Å². The molecule has 6 nitrogen and oxygen atoms in total. The van der Waals surface area contributed by atoms with E-state index in [2.05, 4.69) is 0 Å². The van der Waals surface area contributed by atoms with Gasteiger partial charge in [-0.2, -0.15) is 4.31 Å². The number of hydrogen-bond acceptors (Lipinski definition) is 4. The van der Waals surface area contributed by atoms with E-state index in [1.54, 1.807) is 36.4 Å². The molecule has 1 amide bonds. The zero-order valence-electron chi connectivity index (χ0n) is 15.7. The predicted octanol–water partition coefficient (Wildman–Crippen LogP) is 3.72. The molecule has 1 saturated heterocycles. The number of hydrogen-bond donors (Lipinski definition) is 1. The largest absolute Gasteiger partial charge is 0.493 e. The van der Waals surface area contributed by atoms with Crippen molar-refractivity contribution in [3.05, 3.63) is 58.6 Å². The van der Waals surface area contributed by atoms with E-state index in [1.165, 1.54) is 16.4 Å². The van der Waals surface area contributed by atoms with Crippen LogP contribution in [0.5, 0.6) is 5.75 Å². The highest BCUT2D eigenvalue weighted by molar-refractivity contribution is 7.89. The summed E-state index contributed by atoms with van der Waals surface area (Å²) in [6, 6.07) is 12.9. The van der Waals surface area contributed by atoms with E-state index in [4.69, 9.17) is 33.7 Å². The van der Waals surface area contributed by atoms with Crippen molar-refractivity contribution in [1.29, 1.82) is 0 Å². The van der Waals surface area contributed by atoms with Gasteiger partial charge in [0, 0.05) is 35.0 Å². The molecular formula is C20H22Cl2N2O4S. The average Bonchev–Trinajstić information content (AvgIpc) is 2.67. The maximum atomic E-state index is 13.1. The van der Waals surface area contributed by atoms with Gasteiger partial charge in [0.1, 0.15) is 5.75 Å². The smallest absolute Gasteiger partial charge is 0.243 e. The third kappa shape index (κ3) is 5.42.